The van der Waals surface area contributed by atoms with E-state index in [1.807, 2.05) is 13.8 Å². The number of halogens is 1. The van der Waals surface area contributed by atoms with Gasteiger partial charge in [0.2, 0.25) is 17.8 Å². The number of nitrogens with zero attached hydrogens (tertiary/aromatic N) is 3. The zero-order chi connectivity index (χ0) is 23.3. The van der Waals surface area contributed by atoms with Crippen molar-refractivity contribution in [3.63, 3.8) is 0 Å². The molecule has 1 saturated heterocycles. The highest BCUT2D eigenvalue weighted by atomic mass is 35.5. The van der Waals surface area contributed by atoms with Crippen LogP contribution in [0.3, 0.4) is 0 Å². The second-order valence-corrected chi connectivity index (χ2v) is 6.99. The maximum absolute atomic E-state index is 13.0. The normalized spacial score (nSPS) is 17.3. The van der Waals surface area contributed by atoms with Crippen molar-refractivity contribution in [3.8, 4) is 5.75 Å². The number of piperidine rings is 1. The van der Waals surface area contributed by atoms with Crippen LogP contribution in [0.4, 0.5) is 5.95 Å². The lowest BCUT2D eigenvalue weighted by molar-refractivity contribution is -0.136. The Labute approximate surface area is 189 Å². The van der Waals surface area contributed by atoms with Crippen LogP contribution in [0, 0.1) is 0 Å². The summed E-state index contributed by atoms with van der Waals surface area (Å²) in [5, 5.41) is 5.40. The molecule has 1 atom stereocenters. The van der Waals surface area contributed by atoms with E-state index in [-0.39, 0.29) is 36.3 Å². The quantitative estimate of drug-likeness (QED) is 0.381. The molecule has 4 rings (SSSR count). The molecule has 2 N–H and O–H groups in total. The van der Waals surface area contributed by atoms with Crippen LogP contribution in [0.15, 0.2) is 30.5 Å². The first kappa shape index (κ1) is 23.1. The molecule has 2 aliphatic heterocycles. The molecule has 32 heavy (non-hydrogen) atoms. The Morgan fingerprint density at radius 2 is 1.97 bits per heavy atom. The van der Waals surface area contributed by atoms with Gasteiger partial charge < -0.3 is 10.1 Å². The number of hydrogen-bond acceptors (Lipinski definition) is 8. The minimum absolute atomic E-state index is 0.0599. The van der Waals surface area contributed by atoms with E-state index in [1.165, 1.54) is 12.3 Å². The maximum Gasteiger partial charge on any atom is 0.266 e. The topological polar surface area (TPSA) is 131 Å². The second-order valence-electron chi connectivity index (χ2n) is 6.60. The first-order chi connectivity index (χ1) is 15.5. The van der Waals surface area contributed by atoms with E-state index in [4.69, 9.17) is 16.3 Å². The molecule has 1 aromatic carbocycles. The van der Waals surface area contributed by atoms with E-state index in [1.54, 1.807) is 18.2 Å². The van der Waals surface area contributed by atoms with E-state index < -0.39 is 29.7 Å². The summed E-state index contributed by atoms with van der Waals surface area (Å²) in [6.45, 7) is 4.48. The van der Waals surface area contributed by atoms with Crippen molar-refractivity contribution < 1.29 is 23.9 Å². The van der Waals surface area contributed by atoms with Gasteiger partial charge in [0.1, 0.15) is 23.6 Å². The second kappa shape index (κ2) is 10.2. The highest BCUT2D eigenvalue weighted by molar-refractivity contribution is 6.29. The van der Waals surface area contributed by atoms with Gasteiger partial charge in [0, 0.05) is 12.6 Å². The zero-order valence-corrected chi connectivity index (χ0v) is 18.3. The van der Waals surface area contributed by atoms with Crippen LogP contribution < -0.4 is 15.4 Å². The van der Waals surface area contributed by atoms with Crippen molar-refractivity contribution >= 4 is 41.2 Å². The average Bonchev–Trinajstić information content (AvgIpc) is 3.04. The number of benzene rings is 1. The molecule has 0 spiro atoms. The predicted molar refractivity (Wildman–Crippen MR) is 115 cm³/mol. The molecule has 10 nitrogen and oxygen atoms in total. The molecule has 0 bridgehead atoms. The number of amides is 4. The van der Waals surface area contributed by atoms with Gasteiger partial charge in [-0.2, -0.15) is 0 Å². The highest BCUT2D eigenvalue weighted by Crippen LogP contribution is 2.33. The Balaban J connectivity index is 0.00000141. The summed E-state index contributed by atoms with van der Waals surface area (Å²) in [5.41, 5.74) is 0.263. The van der Waals surface area contributed by atoms with Crippen molar-refractivity contribution in [1.29, 1.82) is 0 Å². The summed E-state index contributed by atoms with van der Waals surface area (Å²) in [5.74, 6) is -1.72. The molecule has 4 amide bonds. The number of carbonyl (C=O) groups excluding carboxylic acids is 4. The fraction of sp³-hybridized carbons (Fsp3) is 0.333. The molecule has 1 aromatic heterocycles. The Hall–Kier alpha value is -3.53. The van der Waals surface area contributed by atoms with E-state index >= 15 is 0 Å². The third-order valence-electron chi connectivity index (χ3n) is 4.69. The van der Waals surface area contributed by atoms with Gasteiger partial charge in [-0.1, -0.05) is 31.5 Å². The van der Waals surface area contributed by atoms with Gasteiger partial charge in [0.25, 0.3) is 11.8 Å². The van der Waals surface area contributed by atoms with Crippen LogP contribution in [0.25, 0.3) is 0 Å². The van der Waals surface area contributed by atoms with Crippen molar-refractivity contribution in [3.05, 3.63) is 46.7 Å². The number of aromatic nitrogens is 2. The van der Waals surface area contributed by atoms with Crippen LogP contribution in [0.5, 0.6) is 5.75 Å². The lowest BCUT2D eigenvalue weighted by atomic mass is 10.0. The summed E-state index contributed by atoms with van der Waals surface area (Å²) in [6.07, 6.45) is 1.66. The van der Waals surface area contributed by atoms with Crippen LogP contribution in [-0.4, -0.2) is 57.7 Å². The molecule has 2 aromatic rings. The molecular weight excluding hydrogens is 438 g/mol. The predicted octanol–water partition coefficient (Wildman–Crippen LogP) is 2.05. The number of imide groups is 2. The maximum atomic E-state index is 13.0. The fourth-order valence-electron chi connectivity index (χ4n) is 3.35. The van der Waals surface area contributed by atoms with Crippen molar-refractivity contribution in [1.82, 2.24) is 20.2 Å². The first-order valence-corrected chi connectivity index (χ1v) is 10.5. The van der Waals surface area contributed by atoms with Crippen LogP contribution in [0.2, 0.25) is 5.15 Å². The SMILES string of the molecule is CC.O=C1CCC(N2C(=O)c3cccc(OCCNc4nccc(Cl)n4)c3C2=O)C(=O)N1. The van der Waals surface area contributed by atoms with Gasteiger partial charge in [-0.05, 0) is 24.6 Å². The Bertz CT molecular complexity index is 1060. The van der Waals surface area contributed by atoms with Gasteiger partial charge in [-0.25, -0.2) is 9.97 Å². The van der Waals surface area contributed by atoms with E-state index in [0.29, 0.717) is 17.6 Å². The minimum Gasteiger partial charge on any atom is -0.491 e. The van der Waals surface area contributed by atoms with Crippen LogP contribution in [-0.2, 0) is 9.59 Å². The monoisotopic (exact) mass is 459 g/mol. The zero-order valence-electron chi connectivity index (χ0n) is 17.6. The molecule has 0 saturated carbocycles. The molecule has 2 aliphatic rings. The van der Waals surface area contributed by atoms with E-state index in [2.05, 4.69) is 20.6 Å². The molecule has 168 valence electrons. The third kappa shape index (κ3) is 4.70. The largest absolute Gasteiger partial charge is 0.491 e. The van der Waals surface area contributed by atoms with E-state index in [0.717, 1.165) is 4.90 Å². The van der Waals surface area contributed by atoms with E-state index in [9.17, 15) is 19.2 Å². The van der Waals surface area contributed by atoms with Gasteiger partial charge in [0.05, 0.1) is 17.7 Å². The molecule has 3 heterocycles. The Kier molecular flexibility index (Phi) is 7.37. The molecule has 0 aliphatic carbocycles. The summed E-state index contributed by atoms with van der Waals surface area (Å²) in [4.78, 5) is 58.2. The smallest absolute Gasteiger partial charge is 0.266 e. The van der Waals surface area contributed by atoms with Gasteiger partial charge in [-0.3, -0.25) is 29.4 Å². The van der Waals surface area contributed by atoms with Crippen LogP contribution in [0.1, 0.15) is 47.4 Å². The number of ether oxygens (including phenoxy) is 1. The molecule has 11 heteroatoms. The number of rotatable bonds is 6. The third-order valence-corrected chi connectivity index (χ3v) is 4.90. The Morgan fingerprint density at radius 1 is 1.19 bits per heavy atom. The van der Waals surface area contributed by atoms with Crippen molar-refractivity contribution in [2.75, 3.05) is 18.5 Å². The fourth-order valence-corrected chi connectivity index (χ4v) is 3.49. The van der Waals surface area contributed by atoms with Crippen LogP contribution >= 0.6 is 11.6 Å². The summed E-state index contributed by atoms with van der Waals surface area (Å²) >= 11 is 5.80. The number of carbonyl (C=O) groups is 4. The Morgan fingerprint density at radius 3 is 2.69 bits per heavy atom. The van der Waals surface area contributed by atoms with Gasteiger partial charge in [-0.15, -0.1) is 0 Å². The molecular formula is C21H22ClN5O5. The lowest BCUT2D eigenvalue weighted by Gasteiger charge is -2.27. The summed E-state index contributed by atoms with van der Waals surface area (Å²) in [7, 11) is 0. The lowest BCUT2D eigenvalue weighted by Crippen LogP contribution is -2.54. The number of anilines is 1. The molecule has 0 radical (unpaired) electrons. The summed E-state index contributed by atoms with van der Waals surface area (Å²) < 4.78 is 5.69. The number of nitrogens with one attached hydrogen (secondary N) is 2. The number of hydrogen-bond donors (Lipinski definition) is 2. The molecule has 1 unspecified atom stereocenters. The van der Waals surface area contributed by atoms with Gasteiger partial charge >= 0.3 is 0 Å². The highest BCUT2D eigenvalue weighted by Gasteiger charge is 2.45. The number of fused-ring (bicyclic) bond motifs is 1. The summed E-state index contributed by atoms with van der Waals surface area (Å²) in [6, 6.07) is 5.21. The minimum atomic E-state index is -1.02. The average molecular weight is 460 g/mol. The first-order valence-electron chi connectivity index (χ1n) is 10.2. The standard InChI is InChI=1S/C19H16ClN5O5.C2H6/c20-13-6-7-21-19(23-13)22-8-9-30-12-3-1-2-10-15(12)18(29)25(17(10)28)11-4-5-14(26)24-16(11)27;1-2/h1-3,6-7,11H,4-5,8-9H2,(H,21,22,23)(H,24,26,27);1-2H3. The molecule has 1 fully saturated rings. The van der Waals surface area contributed by atoms with Crippen molar-refractivity contribution in [2.24, 2.45) is 0 Å². The van der Waals surface area contributed by atoms with Crippen molar-refractivity contribution in [2.45, 2.75) is 32.7 Å². The van der Waals surface area contributed by atoms with Gasteiger partial charge in [0.15, 0.2) is 0 Å².